The molecule has 1 amide bonds. The van der Waals surface area contributed by atoms with E-state index in [1.165, 1.54) is 0 Å². The maximum absolute atomic E-state index is 12.8. The molecule has 5 heteroatoms. The third kappa shape index (κ3) is 4.63. The van der Waals surface area contributed by atoms with Crippen molar-refractivity contribution in [2.45, 2.75) is 39.2 Å². The fourth-order valence-electron chi connectivity index (χ4n) is 3.04. The average molecular weight is 334 g/mol. The number of methoxy groups -OCH3 is 1. The minimum Gasteiger partial charge on any atom is -0.493 e. The molecule has 5 nitrogen and oxygen atoms in total. The van der Waals surface area contributed by atoms with Gasteiger partial charge in [-0.3, -0.25) is 4.79 Å². The van der Waals surface area contributed by atoms with Crippen molar-refractivity contribution in [2.75, 3.05) is 33.9 Å². The lowest BCUT2D eigenvalue weighted by Gasteiger charge is -2.25. The van der Waals surface area contributed by atoms with Crippen LogP contribution >= 0.6 is 0 Å². The lowest BCUT2D eigenvalue weighted by molar-refractivity contribution is 0.0736. The number of nitrogens with one attached hydrogen (secondary N) is 1. The number of amides is 1. The van der Waals surface area contributed by atoms with Gasteiger partial charge in [-0.25, -0.2) is 0 Å². The van der Waals surface area contributed by atoms with Crippen molar-refractivity contribution in [1.29, 1.82) is 0 Å². The molecule has 24 heavy (non-hydrogen) atoms. The summed E-state index contributed by atoms with van der Waals surface area (Å²) >= 11 is 0. The van der Waals surface area contributed by atoms with E-state index in [9.17, 15) is 4.79 Å². The molecule has 1 N–H and O–H groups in total. The number of nitrogens with zero attached hydrogens (tertiary/aromatic N) is 1. The fraction of sp³-hybridized carbons (Fsp3) is 0.632. The van der Waals surface area contributed by atoms with Crippen molar-refractivity contribution in [2.24, 2.45) is 5.92 Å². The Bertz CT molecular complexity index is 545. The summed E-state index contributed by atoms with van der Waals surface area (Å²) in [7, 11) is 3.53. The molecule has 134 valence electrons. The van der Waals surface area contributed by atoms with Crippen molar-refractivity contribution in [3.05, 3.63) is 23.8 Å². The number of carbonyl (C=O) groups is 1. The number of likely N-dealkylation sites (N-methyl/N-ethyl adjacent to an activating group) is 1. The highest BCUT2D eigenvalue weighted by molar-refractivity contribution is 5.95. The van der Waals surface area contributed by atoms with E-state index in [1.807, 2.05) is 24.1 Å². The largest absolute Gasteiger partial charge is 0.493 e. The highest BCUT2D eigenvalue weighted by atomic mass is 16.5. The summed E-state index contributed by atoms with van der Waals surface area (Å²) in [6.07, 6.45) is 3.11. The molecule has 0 spiro atoms. The van der Waals surface area contributed by atoms with Gasteiger partial charge in [0.2, 0.25) is 0 Å². The molecule has 1 aromatic carbocycles. The van der Waals surface area contributed by atoms with Crippen LogP contribution in [0.3, 0.4) is 0 Å². The van der Waals surface area contributed by atoms with Crippen molar-refractivity contribution in [3.63, 3.8) is 0 Å². The first-order valence-corrected chi connectivity index (χ1v) is 8.83. The van der Waals surface area contributed by atoms with E-state index in [4.69, 9.17) is 9.47 Å². The molecule has 1 unspecified atom stereocenters. The zero-order valence-electron chi connectivity index (χ0n) is 15.3. The first-order valence-electron chi connectivity index (χ1n) is 8.83. The van der Waals surface area contributed by atoms with Gasteiger partial charge in [0.1, 0.15) is 0 Å². The van der Waals surface area contributed by atoms with Gasteiger partial charge < -0.3 is 19.7 Å². The molecule has 1 aliphatic rings. The minimum absolute atomic E-state index is 0.0692. The van der Waals surface area contributed by atoms with E-state index < -0.39 is 0 Å². The van der Waals surface area contributed by atoms with Gasteiger partial charge in [0, 0.05) is 24.7 Å². The van der Waals surface area contributed by atoms with Gasteiger partial charge >= 0.3 is 0 Å². The molecule has 2 rings (SSSR count). The molecule has 0 aromatic heterocycles. The zero-order valence-corrected chi connectivity index (χ0v) is 15.3. The number of likely N-dealkylation sites (tertiary alicyclic amines) is 1. The Morgan fingerprint density at radius 1 is 1.38 bits per heavy atom. The van der Waals surface area contributed by atoms with Crippen molar-refractivity contribution in [1.82, 2.24) is 10.2 Å². The van der Waals surface area contributed by atoms with Crippen LogP contribution in [0.25, 0.3) is 0 Å². The van der Waals surface area contributed by atoms with Crippen molar-refractivity contribution in [3.8, 4) is 11.5 Å². The summed E-state index contributed by atoms with van der Waals surface area (Å²) in [5.41, 5.74) is 0.658. The Labute approximate surface area is 145 Å². The average Bonchev–Trinajstić information content (AvgIpc) is 3.02. The normalized spacial score (nSPS) is 17.4. The Kier molecular flexibility index (Phi) is 6.91. The lowest BCUT2D eigenvalue weighted by Crippen LogP contribution is -2.40. The minimum atomic E-state index is 0.0692. The summed E-state index contributed by atoms with van der Waals surface area (Å²) < 4.78 is 11.2. The molecular weight excluding hydrogens is 304 g/mol. The SMILES string of the molecule is CNCC1CCCN1C(=O)c1ccc(OCCC(C)C)c(OC)c1. The third-order valence-electron chi connectivity index (χ3n) is 4.44. The monoisotopic (exact) mass is 334 g/mol. The topological polar surface area (TPSA) is 50.8 Å². The smallest absolute Gasteiger partial charge is 0.254 e. The van der Waals surface area contributed by atoms with Gasteiger partial charge in [-0.05, 0) is 50.4 Å². The summed E-state index contributed by atoms with van der Waals surface area (Å²) in [4.78, 5) is 14.8. The van der Waals surface area contributed by atoms with Crippen LogP contribution < -0.4 is 14.8 Å². The molecule has 0 bridgehead atoms. The van der Waals surface area contributed by atoms with E-state index in [0.717, 1.165) is 32.4 Å². The first kappa shape index (κ1) is 18.6. The van der Waals surface area contributed by atoms with E-state index in [-0.39, 0.29) is 11.9 Å². The van der Waals surface area contributed by atoms with E-state index in [0.29, 0.717) is 29.6 Å². The summed E-state index contributed by atoms with van der Waals surface area (Å²) in [6, 6.07) is 5.75. The van der Waals surface area contributed by atoms with Gasteiger partial charge in [0.05, 0.1) is 13.7 Å². The maximum Gasteiger partial charge on any atom is 0.254 e. The quantitative estimate of drug-likeness (QED) is 0.794. The van der Waals surface area contributed by atoms with Crippen LogP contribution in [0.2, 0.25) is 0 Å². The molecule has 0 saturated carbocycles. The van der Waals surface area contributed by atoms with Crippen LogP contribution in [0.1, 0.15) is 43.5 Å². The van der Waals surface area contributed by atoms with Crippen LogP contribution in [0, 0.1) is 5.92 Å². The molecule has 1 fully saturated rings. The van der Waals surface area contributed by atoms with Gasteiger partial charge in [-0.15, -0.1) is 0 Å². The highest BCUT2D eigenvalue weighted by Gasteiger charge is 2.29. The van der Waals surface area contributed by atoms with Gasteiger partial charge in [-0.2, -0.15) is 0 Å². The van der Waals surface area contributed by atoms with E-state index >= 15 is 0 Å². The zero-order chi connectivity index (χ0) is 17.5. The van der Waals surface area contributed by atoms with Gasteiger partial charge in [0.25, 0.3) is 5.91 Å². The van der Waals surface area contributed by atoms with Crippen LogP contribution in [-0.4, -0.2) is 50.7 Å². The van der Waals surface area contributed by atoms with Crippen LogP contribution in [0.5, 0.6) is 11.5 Å². The second kappa shape index (κ2) is 8.92. The summed E-state index contributed by atoms with van der Waals surface area (Å²) in [5.74, 6) is 1.98. The molecule has 1 atom stereocenters. The second-order valence-corrected chi connectivity index (χ2v) is 6.75. The van der Waals surface area contributed by atoms with Crippen LogP contribution in [0.15, 0.2) is 18.2 Å². The highest BCUT2D eigenvalue weighted by Crippen LogP contribution is 2.30. The predicted molar refractivity (Wildman–Crippen MR) is 95.9 cm³/mol. The molecule has 1 aromatic rings. The third-order valence-corrected chi connectivity index (χ3v) is 4.44. The van der Waals surface area contributed by atoms with E-state index in [2.05, 4.69) is 19.2 Å². The van der Waals surface area contributed by atoms with Crippen LogP contribution in [0.4, 0.5) is 0 Å². The molecule has 1 aliphatic heterocycles. The number of hydrogen-bond acceptors (Lipinski definition) is 4. The lowest BCUT2D eigenvalue weighted by atomic mass is 10.1. The van der Waals surface area contributed by atoms with E-state index in [1.54, 1.807) is 13.2 Å². The van der Waals surface area contributed by atoms with Gasteiger partial charge in [-0.1, -0.05) is 13.8 Å². The Morgan fingerprint density at radius 3 is 2.83 bits per heavy atom. The number of benzene rings is 1. The number of ether oxygens (including phenoxy) is 2. The summed E-state index contributed by atoms with van der Waals surface area (Å²) in [6.45, 7) is 6.64. The Hall–Kier alpha value is -1.75. The number of rotatable bonds is 8. The molecule has 1 saturated heterocycles. The molecule has 0 radical (unpaired) electrons. The van der Waals surface area contributed by atoms with Gasteiger partial charge in [0.15, 0.2) is 11.5 Å². The first-order chi connectivity index (χ1) is 11.6. The molecule has 1 heterocycles. The Balaban J connectivity index is 2.09. The second-order valence-electron chi connectivity index (χ2n) is 6.75. The number of hydrogen-bond donors (Lipinski definition) is 1. The predicted octanol–water partition coefficient (Wildman–Crippen LogP) is 2.94. The number of carbonyl (C=O) groups excluding carboxylic acids is 1. The fourth-order valence-corrected chi connectivity index (χ4v) is 3.04. The molecular formula is C19H30N2O3. The van der Waals surface area contributed by atoms with Crippen molar-refractivity contribution >= 4 is 5.91 Å². The maximum atomic E-state index is 12.8. The Morgan fingerprint density at radius 2 is 2.17 bits per heavy atom. The standard InChI is InChI=1S/C19H30N2O3/c1-14(2)9-11-24-17-8-7-15(12-18(17)23-4)19(22)21-10-5-6-16(21)13-20-3/h7-8,12,14,16,20H,5-6,9-11,13H2,1-4H3. The van der Waals surface area contributed by atoms with Crippen molar-refractivity contribution < 1.29 is 14.3 Å². The van der Waals surface area contributed by atoms with Crippen LogP contribution in [-0.2, 0) is 0 Å². The summed E-state index contributed by atoms with van der Waals surface area (Å²) in [5, 5.41) is 3.17. The molecule has 0 aliphatic carbocycles.